The fourth-order valence-electron chi connectivity index (χ4n) is 2.85. The van der Waals surface area contributed by atoms with Gasteiger partial charge in [0.15, 0.2) is 5.84 Å². The average molecular weight is 433 g/mol. The van der Waals surface area contributed by atoms with Crippen LogP contribution in [0, 0.1) is 10.1 Å². The van der Waals surface area contributed by atoms with Crippen LogP contribution in [0.15, 0.2) is 78.0 Å². The predicted molar refractivity (Wildman–Crippen MR) is 121 cm³/mol. The van der Waals surface area contributed by atoms with Gasteiger partial charge in [-0.3, -0.25) is 10.1 Å². The van der Waals surface area contributed by atoms with Gasteiger partial charge in [0.05, 0.1) is 10.5 Å². The Labute approximate surface area is 185 Å². The minimum absolute atomic E-state index is 0.0717. The van der Waals surface area contributed by atoms with Gasteiger partial charge in [-0.25, -0.2) is 4.79 Å². The predicted octanol–water partition coefficient (Wildman–Crippen LogP) is 4.77. The lowest BCUT2D eigenvalue weighted by atomic mass is 10.0. The number of hydrogen-bond donors (Lipinski definition) is 1. The summed E-state index contributed by atoms with van der Waals surface area (Å²) in [5, 5.41) is 14.3. The van der Waals surface area contributed by atoms with Gasteiger partial charge in [0.2, 0.25) is 0 Å². The van der Waals surface area contributed by atoms with Crippen molar-refractivity contribution < 1.29 is 19.3 Å². The molecule has 0 heterocycles. The van der Waals surface area contributed by atoms with E-state index in [0.717, 1.165) is 11.3 Å². The summed E-state index contributed by atoms with van der Waals surface area (Å²) in [6.45, 7) is 4.55. The molecule has 0 spiro atoms. The molecule has 0 aliphatic rings. The quantitative estimate of drug-likeness (QED) is 0.180. The van der Waals surface area contributed by atoms with Gasteiger partial charge in [0.25, 0.3) is 5.69 Å². The third kappa shape index (κ3) is 5.91. The summed E-state index contributed by atoms with van der Waals surface area (Å²) in [6, 6.07) is 20.2. The molecule has 0 fully saturated rings. The molecule has 0 saturated heterocycles. The number of nitrogens with two attached hydrogens (primary N) is 1. The van der Waals surface area contributed by atoms with Gasteiger partial charge in [0.1, 0.15) is 12.4 Å². The van der Waals surface area contributed by atoms with Gasteiger partial charge in [-0.05, 0) is 53.4 Å². The molecule has 0 aliphatic carbocycles. The number of benzene rings is 3. The van der Waals surface area contributed by atoms with Crippen molar-refractivity contribution in [3.8, 4) is 5.75 Å². The Morgan fingerprint density at radius 3 is 2.34 bits per heavy atom. The smallest absolute Gasteiger partial charge is 0.365 e. The lowest BCUT2D eigenvalue weighted by Gasteiger charge is -2.09. The zero-order chi connectivity index (χ0) is 23.1. The minimum Gasteiger partial charge on any atom is -0.489 e. The van der Waals surface area contributed by atoms with Crippen molar-refractivity contribution in [1.82, 2.24) is 0 Å². The largest absolute Gasteiger partial charge is 0.489 e. The van der Waals surface area contributed by atoms with Crippen molar-refractivity contribution >= 4 is 17.5 Å². The molecule has 3 aromatic carbocycles. The van der Waals surface area contributed by atoms with Gasteiger partial charge in [-0.1, -0.05) is 43.3 Å². The van der Waals surface area contributed by atoms with E-state index in [1.54, 1.807) is 18.2 Å². The summed E-state index contributed by atoms with van der Waals surface area (Å²) in [5.41, 5.74) is 8.44. The normalized spacial score (nSPS) is 11.3. The van der Waals surface area contributed by atoms with E-state index in [1.807, 2.05) is 30.3 Å². The van der Waals surface area contributed by atoms with Gasteiger partial charge in [0, 0.05) is 17.7 Å². The highest BCUT2D eigenvalue weighted by molar-refractivity contribution is 5.98. The highest BCUT2D eigenvalue weighted by Gasteiger charge is 2.11. The maximum absolute atomic E-state index is 12.3. The first-order chi connectivity index (χ1) is 15.3. The molecule has 2 N–H and O–H groups in total. The number of non-ortho nitro benzene ring substituents is 1. The molecule has 0 amide bonds. The molecule has 0 aromatic heterocycles. The highest BCUT2D eigenvalue weighted by atomic mass is 16.7. The number of amidine groups is 1. The fourth-order valence-corrected chi connectivity index (χ4v) is 2.85. The first kappa shape index (κ1) is 22.5. The SMILES string of the molecule is CC(C)c1ccc(OCc2cccc(C(=O)O/N=C(\N)c3ccc([N+](=O)[O-])cc3)c2)cc1. The minimum atomic E-state index is -0.682. The van der Waals surface area contributed by atoms with E-state index in [2.05, 4.69) is 19.0 Å². The van der Waals surface area contributed by atoms with E-state index < -0.39 is 10.9 Å². The number of rotatable bonds is 8. The first-order valence-electron chi connectivity index (χ1n) is 9.95. The third-order valence-corrected chi connectivity index (χ3v) is 4.72. The van der Waals surface area contributed by atoms with Gasteiger partial charge < -0.3 is 15.3 Å². The van der Waals surface area contributed by atoms with Crippen LogP contribution >= 0.6 is 0 Å². The Kier molecular flexibility index (Phi) is 7.17. The van der Waals surface area contributed by atoms with Crippen LogP contribution in [0.1, 0.15) is 46.8 Å². The lowest BCUT2D eigenvalue weighted by molar-refractivity contribution is -0.384. The molecule has 8 nitrogen and oxygen atoms in total. The van der Waals surface area contributed by atoms with E-state index in [1.165, 1.54) is 29.8 Å². The molecule has 0 radical (unpaired) electrons. The summed E-state index contributed by atoms with van der Waals surface area (Å²) in [5.74, 6) is 0.433. The van der Waals surface area contributed by atoms with E-state index in [4.69, 9.17) is 15.3 Å². The summed E-state index contributed by atoms with van der Waals surface area (Å²) in [6.07, 6.45) is 0. The van der Waals surface area contributed by atoms with E-state index >= 15 is 0 Å². The number of nitro benzene ring substituents is 1. The Morgan fingerprint density at radius 2 is 1.72 bits per heavy atom. The Hall–Kier alpha value is -4.20. The second-order valence-electron chi connectivity index (χ2n) is 7.37. The molecule has 8 heteroatoms. The Bertz CT molecular complexity index is 1120. The van der Waals surface area contributed by atoms with Crippen LogP contribution in [0.5, 0.6) is 5.75 Å². The molecule has 0 unspecified atom stereocenters. The number of carbonyl (C=O) groups excluding carboxylic acids is 1. The van der Waals surface area contributed by atoms with E-state index in [0.29, 0.717) is 17.0 Å². The van der Waals surface area contributed by atoms with Crippen LogP contribution < -0.4 is 10.5 Å². The van der Waals surface area contributed by atoms with Crippen LogP contribution in [0.25, 0.3) is 0 Å². The maximum atomic E-state index is 12.3. The van der Waals surface area contributed by atoms with Crippen LogP contribution in [0.3, 0.4) is 0 Å². The second-order valence-corrected chi connectivity index (χ2v) is 7.37. The van der Waals surface area contributed by atoms with Crippen molar-refractivity contribution in [3.05, 3.63) is 105 Å². The molecule has 164 valence electrons. The fraction of sp³-hybridized carbons (Fsp3) is 0.167. The third-order valence-electron chi connectivity index (χ3n) is 4.72. The summed E-state index contributed by atoms with van der Waals surface area (Å²) in [4.78, 5) is 27.5. The lowest BCUT2D eigenvalue weighted by Crippen LogP contribution is -2.15. The van der Waals surface area contributed by atoms with E-state index in [9.17, 15) is 14.9 Å². The zero-order valence-electron chi connectivity index (χ0n) is 17.7. The zero-order valence-corrected chi connectivity index (χ0v) is 17.7. The summed E-state index contributed by atoms with van der Waals surface area (Å²) < 4.78 is 5.80. The number of ether oxygens (including phenoxy) is 1. The summed E-state index contributed by atoms with van der Waals surface area (Å²) in [7, 11) is 0. The average Bonchev–Trinajstić information content (AvgIpc) is 2.81. The molecule has 0 atom stereocenters. The topological polar surface area (TPSA) is 117 Å². The Balaban J connectivity index is 1.60. The van der Waals surface area contributed by atoms with Crippen LogP contribution in [-0.2, 0) is 11.4 Å². The number of carbonyl (C=O) groups is 1. The van der Waals surface area contributed by atoms with Crippen molar-refractivity contribution in [3.63, 3.8) is 0 Å². The number of nitrogens with zero attached hydrogens (tertiary/aromatic N) is 2. The van der Waals surface area contributed by atoms with Crippen LogP contribution in [-0.4, -0.2) is 16.7 Å². The number of oxime groups is 1. The molecule has 0 bridgehead atoms. The maximum Gasteiger partial charge on any atom is 0.365 e. The Morgan fingerprint density at radius 1 is 1.03 bits per heavy atom. The molecule has 3 aromatic rings. The first-order valence-corrected chi connectivity index (χ1v) is 9.95. The monoisotopic (exact) mass is 433 g/mol. The van der Waals surface area contributed by atoms with Crippen LogP contribution in [0.4, 0.5) is 5.69 Å². The van der Waals surface area contributed by atoms with E-state index in [-0.39, 0.29) is 18.1 Å². The molecular weight excluding hydrogens is 410 g/mol. The molecule has 3 rings (SSSR count). The summed E-state index contributed by atoms with van der Waals surface area (Å²) >= 11 is 0. The standard InChI is InChI=1S/C24H23N3O5/c1-16(2)18-8-12-22(13-9-18)31-15-17-4-3-5-20(14-17)24(28)32-26-23(25)19-6-10-21(11-7-19)27(29)30/h3-14,16H,15H2,1-2H3,(H2,25,26). The molecule has 32 heavy (non-hydrogen) atoms. The van der Waals surface area contributed by atoms with Crippen LogP contribution in [0.2, 0.25) is 0 Å². The van der Waals surface area contributed by atoms with Gasteiger partial charge in [-0.15, -0.1) is 0 Å². The van der Waals surface area contributed by atoms with Crippen molar-refractivity contribution in [2.24, 2.45) is 10.9 Å². The van der Waals surface area contributed by atoms with Crippen molar-refractivity contribution in [1.29, 1.82) is 0 Å². The van der Waals surface area contributed by atoms with Crippen molar-refractivity contribution in [2.75, 3.05) is 0 Å². The number of hydrogen-bond acceptors (Lipinski definition) is 6. The highest BCUT2D eigenvalue weighted by Crippen LogP contribution is 2.20. The number of nitro groups is 1. The molecular formula is C24H23N3O5. The molecule has 0 aliphatic heterocycles. The second kappa shape index (κ2) is 10.2. The van der Waals surface area contributed by atoms with Crippen molar-refractivity contribution in [2.45, 2.75) is 26.4 Å². The van der Waals surface area contributed by atoms with Gasteiger partial charge in [-0.2, -0.15) is 0 Å². The molecule has 0 saturated carbocycles. The van der Waals surface area contributed by atoms with Gasteiger partial charge >= 0.3 is 5.97 Å².